The lowest BCUT2D eigenvalue weighted by molar-refractivity contribution is 0.0697. The Bertz CT molecular complexity index is 481. The van der Waals surface area contributed by atoms with E-state index < -0.39 is 5.97 Å². The second kappa shape index (κ2) is 7.34. The quantitative estimate of drug-likeness (QED) is 0.834. The van der Waals surface area contributed by atoms with Crippen LogP contribution >= 0.6 is 23.4 Å². The van der Waals surface area contributed by atoms with Crippen molar-refractivity contribution in [1.29, 1.82) is 0 Å². The summed E-state index contributed by atoms with van der Waals surface area (Å²) in [6.07, 6.45) is 5.05. The summed E-state index contributed by atoms with van der Waals surface area (Å²) in [7, 11) is 2.19. The van der Waals surface area contributed by atoms with Gasteiger partial charge >= 0.3 is 5.97 Å². The third-order valence-corrected chi connectivity index (χ3v) is 5.17. The maximum Gasteiger partial charge on any atom is 0.337 e. The van der Waals surface area contributed by atoms with Gasteiger partial charge in [-0.2, -0.15) is 0 Å². The Morgan fingerprint density at radius 3 is 3.00 bits per heavy atom. The van der Waals surface area contributed by atoms with Crippen LogP contribution in [0.5, 0.6) is 0 Å². The molecule has 0 saturated carbocycles. The molecular weight excluding hydrogens is 294 g/mol. The molecule has 1 aromatic carbocycles. The summed E-state index contributed by atoms with van der Waals surface area (Å²) in [5, 5.41) is 9.35. The zero-order valence-corrected chi connectivity index (χ0v) is 13.2. The summed E-state index contributed by atoms with van der Waals surface area (Å²) >= 11 is 7.58. The monoisotopic (exact) mass is 313 g/mol. The number of benzene rings is 1. The Hall–Kier alpha value is -0.710. The highest BCUT2D eigenvalue weighted by Gasteiger charge is 2.18. The standard InChI is InChI=1S/C15H20ClNO2S/c1-17-8-3-2-4-11(17)7-9-20-12-5-6-14(16)13(10-12)15(18)19/h5-6,10-11H,2-4,7-9H2,1H3,(H,18,19). The average molecular weight is 314 g/mol. The molecule has 0 amide bonds. The van der Waals surface area contributed by atoms with E-state index in [9.17, 15) is 4.79 Å². The van der Waals surface area contributed by atoms with E-state index in [2.05, 4.69) is 11.9 Å². The van der Waals surface area contributed by atoms with Crippen molar-refractivity contribution in [3.8, 4) is 0 Å². The first-order valence-electron chi connectivity index (χ1n) is 6.94. The molecule has 0 radical (unpaired) electrons. The number of aromatic carboxylic acids is 1. The number of halogens is 1. The van der Waals surface area contributed by atoms with Crippen LogP contribution in [0.4, 0.5) is 0 Å². The molecule has 1 aliphatic rings. The summed E-state index contributed by atoms with van der Waals surface area (Å²) in [4.78, 5) is 14.5. The van der Waals surface area contributed by atoms with E-state index >= 15 is 0 Å². The van der Waals surface area contributed by atoms with Gasteiger partial charge in [0.2, 0.25) is 0 Å². The van der Waals surface area contributed by atoms with Gasteiger partial charge in [0, 0.05) is 10.9 Å². The van der Waals surface area contributed by atoms with E-state index in [0.717, 1.165) is 17.1 Å². The fraction of sp³-hybridized carbons (Fsp3) is 0.533. The van der Waals surface area contributed by atoms with Crippen LogP contribution in [-0.2, 0) is 0 Å². The molecule has 1 aliphatic heterocycles. The minimum atomic E-state index is -0.968. The lowest BCUT2D eigenvalue weighted by Crippen LogP contribution is -2.36. The van der Waals surface area contributed by atoms with Crippen LogP contribution in [0.15, 0.2) is 23.1 Å². The molecular formula is C15H20ClNO2S. The van der Waals surface area contributed by atoms with Crippen LogP contribution in [0.25, 0.3) is 0 Å². The third-order valence-electron chi connectivity index (χ3n) is 3.81. The molecule has 1 aromatic rings. The van der Waals surface area contributed by atoms with Crippen LogP contribution < -0.4 is 0 Å². The van der Waals surface area contributed by atoms with Gasteiger partial charge in [-0.15, -0.1) is 11.8 Å². The molecule has 1 fully saturated rings. The molecule has 5 heteroatoms. The Morgan fingerprint density at radius 1 is 1.50 bits per heavy atom. The van der Waals surface area contributed by atoms with E-state index in [0.29, 0.717) is 11.1 Å². The van der Waals surface area contributed by atoms with Gasteiger partial charge in [-0.3, -0.25) is 0 Å². The first kappa shape index (κ1) is 15.7. The largest absolute Gasteiger partial charge is 0.478 e. The number of rotatable bonds is 5. The minimum absolute atomic E-state index is 0.187. The second-order valence-electron chi connectivity index (χ2n) is 5.21. The van der Waals surface area contributed by atoms with Crippen LogP contribution in [0.1, 0.15) is 36.0 Å². The lowest BCUT2D eigenvalue weighted by Gasteiger charge is -2.32. The Balaban J connectivity index is 1.87. The molecule has 1 unspecified atom stereocenters. The Kier molecular flexibility index (Phi) is 5.75. The zero-order valence-electron chi connectivity index (χ0n) is 11.6. The number of hydrogen-bond acceptors (Lipinski definition) is 3. The van der Waals surface area contributed by atoms with Gasteiger partial charge in [0.15, 0.2) is 0 Å². The lowest BCUT2D eigenvalue weighted by atomic mass is 10.0. The van der Waals surface area contributed by atoms with Crippen LogP contribution in [0, 0.1) is 0 Å². The van der Waals surface area contributed by atoms with Gasteiger partial charge in [-0.25, -0.2) is 4.79 Å². The summed E-state index contributed by atoms with van der Waals surface area (Å²) in [5.41, 5.74) is 0.187. The SMILES string of the molecule is CN1CCCCC1CCSc1ccc(Cl)c(C(=O)O)c1. The highest BCUT2D eigenvalue weighted by Crippen LogP contribution is 2.27. The molecule has 1 saturated heterocycles. The Labute approximate surface area is 129 Å². The number of hydrogen-bond donors (Lipinski definition) is 1. The van der Waals surface area contributed by atoms with Crippen LogP contribution in [-0.4, -0.2) is 41.4 Å². The maximum absolute atomic E-state index is 11.0. The van der Waals surface area contributed by atoms with Gasteiger partial charge in [0.25, 0.3) is 0 Å². The molecule has 0 spiro atoms. The number of piperidine rings is 1. The molecule has 1 N–H and O–H groups in total. The normalized spacial score (nSPS) is 20.0. The third kappa shape index (κ3) is 4.14. The van der Waals surface area contributed by atoms with E-state index in [1.807, 2.05) is 6.07 Å². The number of carboxylic acids is 1. The smallest absolute Gasteiger partial charge is 0.337 e. The Morgan fingerprint density at radius 2 is 2.30 bits per heavy atom. The minimum Gasteiger partial charge on any atom is -0.478 e. The zero-order chi connectivity index (χ0) is 14.5. The molecule has 2 rings (SSSR count). The van der Waals surface area contributed by atoms with E-state index in [4.69, 9.17) is 16.7 Å². The van der Waals surface area contributed by atoms with Gasteiger partial charge < -0.3 is 10.0 Å². The highest BCUT2D eigenvalue weighted by molar-refractivity contribution is 7.99. The summed E-state index contributed by atoms with van der Waals surface area (Å²) < 4.78 is 0. The predicted molar refractivity (Wildman–Crippen MR) is 84.0 cm³/mol. The van der Waals surface area contributed by atoms with Crippen LogP contribution in [0.2, 0.25) is 5.02 Å². The first-order valence-corrected chi connectivity index (χ1v) is 8.30. The summed E-state index contributed by atoms with van der Waals surface area (Å²) in [5.74, 6) is 0.0415. The number of carbonyl (C=O) groups is 1. The predicted octanol–water partition coefficient (Wildman–Crippen LogP) is 4.00. The maximum atomic E-state index is 11.0. The van der Waals surface area contributed by atoms with Crippen LogP contribution in [0.3, 0.4) is 0 Å². The van der Waals surface area contributed by atoms with E-state index in [1.165, 1.54) is 25.8 Å². The van der Waals surface area contributed by atoms with Gasteiger partial charge in [0.05, 0.1) is 10.6 Å². The number of thioether (sulfide) groups is 1. The van der Waals surface area contributed by atoms with Gasteiger partial charge in [-0.1, -0.05) is 18.0 Å². The van der Waals surface area contributed by atoms with E-state index in [-0.39, 0.29) is 5.56 Å². The van der Waals surface area contributed by atoms with Crippen molar-refractivity contribution in [2.75, 3.05) is 19.3 Å². The fourth-order valence-corrected chi connectivity index (χ4v) is 3.77. The van der Waals surface area contributed by atoms with Crippen molar-refractivity contribution in [1.82, 2.24) is 4.90 Å². The van der Waals surface area contributed by atoms with Gasteiger partial charge in [-0.05, 0) is 56.8 Å². The van der Waals surface area contributed by atoms with E-state index in [1.54, 1.807) is 23.9 Å². The van der Waals surface area contributed by atoms with Crippen molar-refractivity contribution >= 4 is 29.3 Å². The summed E-state index contributed by atoms with van der Waals surface area (Å²) in [6.45, 7) is 1.19. The summed E-state index contributed by atoms with van der Waals surface area (Å²) in [6, 6.07) is 5.90. The first-order chi connectivity index (χ1) is 9.58. The molecule has 20 heavy (non-hydrogen) atoms. The van der Waals surface area contributed by atoms with Gasteiger partial charge in [0.1, 0.15) is 0 Å². The highest BCUT2D eigenvalue weighted by atomic mass is 35.5. The van der Waals surface area contributed by atoms with Crippen molar-refractivity contribution < 1.29 is 9.90 Å². The topological polar surface area (TPSA) is 40.5 Å². The molecule has 3 nitrogen and oxygen atoms in total. The average Bonchev–Trinajstić information content (AvgIpc) is 2.42. The molecule has 1 atom stereocenters. The van der Waals surface area contributed by atoms with Crippen molar-refractivity contribution in [3.63, 3.8) is 0 Å². The van der Waals surface area contributed by atoms with Crippen molar-refractivity contribution in [3.05, 3.63) is 28.8 Å². The molecule has 110 valence electrons. The molecule has 1 heterocycles. The number of likely N-dealkylation sites (tertiary alicyclic amines) is 1. The number of nitrogens with zero attached hydrogens (tertiary/aromatic N) is 1. The van der Waals surface area contributed by atoms with Crippen molar-refractivity contribution in [2.45, 2.75) is 36.6 Å². The van der Waals surface area contributed by atoms with Crippen molar-refractivity contribution in [2.24, 2.45) is 0 Å². The fourth-order valence-electron chi connectivity index (χ4n) is 2.58. The molecule has 0 bridgehead atoms. The second-order valence-corrected chi connectivity index (χ2v) is 6.79. The number of carboxylic acid groups (broad SMARTS) is 1. The molecule has 0 aromatic heterocycles. The molecule has 0 aliphatic carbocycles.